The minimum atomic E-state index is 0.0868. The lowest BCUT2D eigenvalue weighted by Gasteiger charge is -2.36. The van der Waals surface area contributed by atoms with Crippen molar-refractivity contribution in [2.24, 2.45) is 0 Å². The third-order valence-electron chi connectivity index (χ3n) is 5.37. The Bertz CT molecular complexity index is 992. The normalized spacial score (nSPS) is 14.1. The fraction of sp³-hybridized carbons (Fsp3) is 0.333. The molecular weight excluding hydrogens is 378 g/mol. The Labute approximate surface area is 177 Å². The lowest BCUT2D eigenvalue weighted by molar-refractivity contribution is -0.130. The maximum Gasteiger partial charge on any atom is 0.228 e. The first-order valence-corrected chi connectivity index (χ1v) is 10.4. The van der Waals surface area contributed by atoms with E-state index in [4.69, 9.17) is 9.15 Å². The van der Waals surface area contributed by atoms with Crippen molar-refractivity contribution in [1.29, 1.82) is 0 Å². The second-order valence-electron chi connectivity index (χ2n) is 7.33. The van der Waals surface area contributed by atoms with Gasteiger partial charge < -0.3 is 19.0 Å². The largest absolute Gasteiger partial charge is 0.492 e. The molecule has 1 saturated heterocycles. The van der Waals surface area contributed by atoms with Gasteiger partial charge in [-0.3, -0.25) is 4.79 Å². The summed E-state index contributed by atoms with van der Waals surface area (Å²) in [5.74, 6) is 2.25. The molecule has 1 aromatic heterocycles. The number of carbonyl (C=O) groups excluding carboxylic acids is 1. The minimum absolute atomic E-state index is 0.0868. The zero-order valence-electron chi connectivity index (χ0n) is 17.5. The number of nitrogens with zero attached hydrogens (tertiary/aromatic N) is 3. The van der Waals surface area contributed by atoms with Crippen LogP contribution in [0.3, 0.4) is 0 Å². The standard InChI is InChI=1S/C24H27N3O3/c1-3-29-22-12-8-7-11-21(22)26-13-15-27(16-14-26)23(28)17-20-18(2)30-24(25-20)19-9-5-4-6-10-19/h4-12H,3,13-17H2,1-2H3. The van der Waals surface area contributed by atoms with E-state index in [2.05, 4.69) is 16.0 Å². The fourth-order valence-corrected chi connectivity index (χ4v) is 3.74. The lowest BCUT2D eigenvalue weighted by atomic mass is 10.2. The Kier molecular flexibility index (Phi) is 6.02. The van der Waals surface area contributed by atoms with E-state index in [0.717, 1.165) is 30.1 Å². The molecule has 6 nitrogen and oxygen atoms in total. The predicted molar refractivity (Wildman–Crippen MR) is 117 cm³/mol. The molecule has 0 radical (unpaired) electrons. The monoisotopic (exact) mass is 405 g/mol. The predicted octanol–water partition coefficient (Wildman–Crippen LogP) is 3.94. The van der Waals surface area contributed by atoms with Crippen molar-refractivity contribution >= 4 is 11.6 Å². The average molecular weight is 405 g/mol. The lowest BCUT2D eigenvalue weighted by Crippen LogP contribution is -2.49. The van der Waals surface area contributed by atoms with E-state index < -0.39 is 0 Å². The summed E-state index contributed by atoms with van der Waals surface area (Å²) in [6.07, 6.45) is 0.262. The maximum atomic E-state index is 12.9. The van der Waals surface area contributed by atoms with Crippen LogP contribution < -0.4 is 9.64 Å². The van der Waals surface area contributed by atoms with E-state index in [-0.39, 0.29) is 12.3 Å². The quantitative estimate of drug-likeness (QED) is 0.622. The van der Waals surface area contributed by atoms with E-state index in [1.807, 2.05) is 67.3 Å². The van der Waals surface area contributed by atoms with Gasteiger partial charge in [-0.25, -0.2) is 4.98 Å². The Balaban J connectivity index is 1.38. The number of rotatable bonds is 6. The molecule has 0 spiro atoms. The van der Waals surface area contributed by atoms with Gasteiger partial charge in [-0.15, -0.1) is 0 Å². The highest BCUT2D eigenvalue weighted by atomic mass is 16.5. The molecule has 4 rings (SSSR count). The summed E-state index contributed by atoms with van der Waals surface area (Å²) in [4.78, 5) is 21.6. The number of anilines is 1. The van der Waals surface area contributed by atoms with Crippen molar-refractivity contribution in [3.8, 4) is 17.2 Å². The molecule has 1 amide bonds. The molecule has 0 atom stereocenters. The van der Waals surface area contributed by atoms with E-state index in [1.165, 1.54) is 0 Å². The van der Waals surface area contributed by atoms with Crippen LogP contribution >= 0.6 is 0 Å². The topological polar surface area (TPSA) is 58.8 Å². The molecule has 0 bridgehead atoms. The Morgan fingerprint density at radius 3 is 2.47 bits per heavy atom. The van der Waals surface area contributed by atoms with Gasteiger partial charge in [-0.05, 0) is 38.1 Å². The number of aryl methyl sites for hydroxylation is 1. The van der Waals surface area contributed by atoms with Crippen molar-refractivity contribution in [1.82, 2.24) is 9.88 Å². The molecule has 0 aliphatic carbocycles. The SMILES string of the molecule is CCOc1ccccc1N1CCN(C(=O)Cc2nc(-c3ccccc3)oc2C)CC1. The number of hydrogen-bond acceptors (Lipinski definition) is 5. The first-order valence-electron chi connectivity index (χ1n) is 10.4. The number of benzene rings is 2. The molecule has 156 valence electrons. The third-order valence-corrected chi connectivity index (χ3v) is 5.37. The zero-order chi connectivity index (χ0) is 20.9. The summed E-state index contributed by atoms with van der Waals surface area (Å²) in [5.41, 5.74) is 2.72. The van der Waals surface area contributed by atoms with Crippen LogP contribution in [0.5, 0.6) is 5.75 Å². The molecule has 0 saturated carbocycles. The van der Waals surface area contributed by atoms with Gasteiger partial charge in [0.05, 0.1) is 24.4 Å². The van der Waals surface area contributed by atoms with Gasteiger partial charge >= 0.3 is 0 Å². The summed E-state index contributed by atoms with van der Waals surface area (Å²) < 4.78 is 11.6. The molecule has 6 heteroatoms. The average Bonchev–Trinajstić information content (AvgIpc) is 3.15. The van der Waals surface area contributed by atoms with E-state index >= 15 is 0 Å². The second kappa shape index (κ2) is 9.03. The molecule has 0 unspecified atom stereocenters. The van der Waals surface area contributed by atoms with Crippen molar-refractivity contribution < 1.29 is 13.9 Å². The number of para-hydroxylation sites is 2. The Hall–Kier alpha value is -3.28. The molecule has 1 aliphatic rings. The Morgan fingerprint density at radius 1 is 1.03 bits per heavy atom. The molecule has 1 fully saturated rings. The molecule has 2 heterocycles. The van der Waals surface area contributed by atoms with Gasteiger partial charge in [0.25, 0.3) is 0 Å². The summed E-state index contributed by atoms with van der Waals surface area (Å²) in [6, 6.07) is 17.8. The molecular formula is C24H27N3O3. The van der Waals surface area contributed by atoms with Crippen molar-refractivity contribution in [2.75, 3.05) is 37.7 Å². The summed E-state index contributed by atoms with van der Waals surface area (Å²) >= 11 is 0. The molecule has 30 heavy (non-hydrogen) atoms. The van der Waals surface area contributed by atoms with E-state index in [9.17, 15) is 4.79 Å². The third kappa shape index (κ3) is 4.32. The number of piperazine rings is 1. The summed E-state index contributed by atoms with van der Waals surface area (Å²) in [7, 11) is 0. The van der Waals surface area contributed by atoms with Crippen LogP contribution in [0.4, 0.5) is 5.69 Å². The Morgan fingerprint density at radius 2 is 1.73 bits per heavy atom. The maximum absolute atomic E-state index is 12.9. The fourth-order valence-electron chi connectivity index (χ4n) is 3.74. The van der Waals surface area contributed by atoms with Crippen LogP contribution in [-0.2, 0) is 11.2 Å². The number of carbonyl (C=O) groups is 1. The highest BCUT2D eigenvalue weighted by Gasteiger charge is 2.24. The van der Waals surface area contributed by atoms with Gasteiger partial charge in [-0.1, -0.05) is 30.3 Å². The van der Waals surface area contributed by atoms with Gasteiger partial charge in [0.2, 0.25) is 11.8 Å². The van der Waals surface area contributed by atoms with Crippen molar-refractivity contribution in [3.63, 3.8) is 0 Å². The summed E-state index contributed by atoms with van der Waals surface area (Å²) in [5, 5.41) is 0. The molecule has 2 aromatic carbocycles. The van der Waals surface area contributed by atoms with Crippen LogP contribution in [0.1, 0.15) is 18.4 Å². The van der Waals surface area contributed by atoms with Crippen LogP contribution in [0.25, 0.3) is 11.5 Å². The highest BCUT2D eigenvalue weighted by Crippen LogP contribution is 2.29. The van der Waals surface area contributed by atoms with Crippen LogP contribution in [-0.4, -0.2) is 48.6 Å². The van der Waals surface area contributed by atoms with Gasteiger partial charge in [0.15, 0.2) is 0 Å². The van der Waals surface area contributed by atoms with Gasteiger partial charge in [-0.2, -0.15) is 0 Å². The number of aromatic nitrogens is 1. The second-order valence-corrected chi connectivity index (χ2v) is 7.33. The zero-order valence-corrected chi connectivity index (χ0v) is 17.5. The van der Waals surface area contributed by atoms with Crippen LogP contribution in [0.2, 0.25) is 0 Å². The molecule has 1 aliphatic heterocycles. The number of oxazole rings is 1. The number of hydrogen-bond donors (Lipinski definition) is 0. The smallest absolute Gasteiger partial charge is 0.228 e. The highest BCUT2D eigenvalue weighted by molar-refractivity contribution is 5.79. The first kappa shape index (κ1) is 20.0. The number of ether oxygens (including phenoxy) is 1. The first-order chi connectivity index (χ1) is 14.7. The van der Waals surface area contributed by atoms with Crippen molar-refractivity contribution in [3.05, 3.63) is 66.1 Å². The molecule has 0 N–H and O–H groups in total. The van der Waals surface area contributed by atoms with Crippen molar-refractivity contribution in [2.45, 2.75) is 20.3 Å². The number of amides is 1. The summed E-state index contributed by atoms with van der Waals surface area (Å²) in [6.45, 7) is 7.42. The minimum Gasteiger partial charge on any atom is -0.492 e. The van der Waals surface area contributed by atoms with E-state index in [0.29, 0.717) is 37.0 Å². The van der Waals surface area contributed by atoms with Crippen LogP contribution in [0, 0.1) is 6.92 Å². The van der Waals surface area contributed by atoms with Crippen LogP contribution in [0.15, 0.2) is 59.0 Å². The molecule has 3 aromatic rings. The van der Waals surface area contributed by atoms with E-state index in [1.54, 1.807) is 0 Å². The van der Waals surface area contributed by atoms with Gasteiger partial charge in [0, 0.05) is 31.7 Å². The van der Waals surface area contributed by atoms with Gasteiger partial charge in [0.1, 0.15) is 11.5 Å².